The lowest BCUT2D eigenvalue weighted by Crippen LogP contribution is -2.08. The topological polar surface area (TPSA) is 98.5 Å². The molecule has 3 aromatic heterocycles. The van der Waals surface area contributed by atoms with E-state index < -0.39 is 32.7 Å². The van der Waals surface area contributed by atoms with Crippen molar-refractivity contribution in [2.45, 2.75) is 18.0 Å². The molecule has 0 radical (unpaired) electrons. The van der Waals surface area contributed by atoms with Gasteiger partial charge in [-0.05, 0) is 30.3 Å². The standard InChI is InChI=1S/C21H18F3N5O3S/c1-32-17-5-3-4-16(22)15(17)10-25-18-7-6-12(21-28-27-11-29(18)21)14-9-26-19(33(2,30)31)8-13(14)20(23)24/h3-9,11,20,25H,10H2,1-2H3. The maximum Gasteiger partial charge on any atom is 0.264 e. The van der Waals surface area contributed by atoms with E-state index in [2.05, 4.69) is 20.5 Å². The molecule has 0 saturated heterocycles. The van der Waals surface area contributed by atoms with Gasteiger partial charge in [-0.25, -0.2) is 26.6 Å². The van der Waals surface area contributed by atoms with Crippen molar-refractivity contribution in [3.05, 3.63) is 65.9 Å². The fourth-order valence-electron chi connectivity index (χ4n) is 3.41. The quantitative estimate of drug-likeness (QED) is 0.431. The molecule has 0 aliphatic heterocycles. The Bertz CT molecular complexity index is 1440. The molecular formula is C21H18F3N5O3S. The largest absolute Gasteiger partial charge is 0.496 e. The number of pyridine rings is 2. The molecule has 0 aliphatic carbocycles. The molecule has 8 nitrogen and oxygen atoms in total. The number of benzene rings is 1. The Morgan fingerprint density at radius 2 is 1.97 bits per heavy atom. The average Bonchev–Trinajstić information content (AvgIpc) is 3.27. The predicted octanol–water partition coefficient (Wildman–Crippen LogP) is 3.89. The second-order valence-corrected chi connectivity index (χ2v) is 9.08. The van der Waals surface area contributed by atoms with Crippen LogP contribution in [0.4, 0.5) is 19.0 Å². The first kappa shape index (κ1) is 22.5. The molecule has 0 unspecified atom stereocenters. The van der Waals surface area contributed by atoms with E-state index >= 15 is 0 Å². The van der Waals surface area contributed by atoms with Gasteiger partial charge in [0.15, 0.2) is 20.5 Å². The van der Waals surface area contributed by atoms with E-state index in [1.807, 2.05) is 0 Å². The Hall–Kier alpha value is -3.67. The van der Waals surface area contributed by atoms with Crippen LogP contribution in [0.3, 0.4) is 0 Å². The molecule has 172 valence electrons. The molecule has 33 heavy (non-hydrogen) atoms. The van der Waals surface area contributed by atoms with Crippen LogP contribution >= 0.6 is 0 Å². The summed E-state index contributed by atoms with van der Waals surface area (Å²) in [5.74, 6) is 0.401. The van der Waals surface area contributed by atoms with Gasteiger partial charge in [0.1, 0.15) is 23.7 Å². The first-order chi connectivity index (χ1) is 15.7. The van der Waals surface area contributed by atoms with Gasteiger partial charge >= 0.3 is 0 Å². The van der Waals surface area contributed by atoms with E-state index in [1.165, 1.54) is 36.0 Å². The summed E-state index contributed by atoms with van der Waals surface area (Å²) in [4.78, 5) is 3.84. The molecule has 0 bridgehead atoms. The molecule has 0 amide bonds. The van der Waals surface area contributed by atoms with Gasteiger partial charge in [-0.1, -0.05) is 6.07 Å². The van der Waals surface area contributed by atoms with Crippen molar-refractivity contribution in [2.24, 2.45) is 0 Å². The molecule has 3 heterocycles. The molecule has 4 aromatic rings. The fraction of sp³-hybridized carbons (Fsp3) is 0.190. The number of anilines is 1. The maximum atomic E-state index is 14.2. The van der Waals surface area contributed by atoms with E-state index in [0.717, 1.165) is 18.5 Å². The highest BCUT2D eigenvalue weighted by Gasteiger charge is 2.22. The van der Waals surface area contributed by atoms with Gasteiger partial charge in [-0.15, -0.1) is 10.2 Å². The fourth-order valence-corrected chi connectivity index (χ4v) is 3.99. The van der Waals surface area contributed by atoms with Crippen LogP contribution in [-0.2, 0) is 16.4 Å². The smallest absolute Gasteiger partial charge is 0.264 e. The Kier molecular flexibility index (Phi) is 5.93. The summed E-state index contributed by atoms with van der Waals surface area (Å²) < 4.78 is 72.0. The molecule has 1 N–H and O–H groups in total. The minimum atomic E-state index is -3.77. The lowest BCUT2D eigenvalue weighted by molar-refractivity contribution is 0.151. The highest BCUT2D eigenvalue weighted by Crippen LogP contribution is 2.35. The number of hydrogen-bond donors (Lipinski definition) is 1. The maximum absolute atomic E-state index is 14.2. The van der Waals surface area contributed by atoms with Crippen LogP contribution in [0.25, 0.3) is 16.8 Å². The second-order valence-electron chi connectivity index (χ2n) is 7.11. The van der Waals surface area contributed by atoms with E-state index in [-0.39, 0.29) is 23.3 Å². The second kappa shape index (κ2) is 8.70. The number of aromatic nitrogens is 4. The predicted molar refractivity (Wildman–Crippen MR) is 115 cm³/mol. The SMILES string of the molecule is COc1cccc(F)c1CNc1ccc(-c2cnc(S(C)(=O)=O)cc2C(F)F)c2nncn12. The zero-order valence-electron chi connectivity index (χ0n) is 17.5. The van der Waals surface area contributed by atoms with E-state index in [9.17, 15) is 21.6 Å². The molecular weight excluding hydrogens is 459 g/mol. The Morgan fingerprint density at radius 3 is 2.67 bits per heavy atom. The summed E-state index contributed by atoms with van der Waals surface area (Å²) in [6, 6.07) is 8.48. The highest BCUT2D eigenvalue weighted by atomic mass is 32.2. The van der Waals surface area contributed by atoms with Crippen LogP contribution in [0, 0.1) is 5.82 Å². The van der Waals surface area contributed by atoms with Gasteiger partial charge < -0.3 is 10.1 Å². The average molecular weight is 477 g/mol. The summed E-state index contributed by atoms with van der Waals surface area (Å²) in [5, 5.41) is 10.5. The Balaban J connectivity index is 1.75. The molecule has 0 saturated carbocycles. The monoisotopic (exact) mass is 477 g/mol. The third-order valence-electron chi connectivity index (χ3n) is 5.01. The van der Waals surface area contributed by atoms with Crippen molar-refractivity contribution in [1.82, 2.24) is 19.6 Å². The summed E-state index contributed by atoms with van der Waals surface area (Å²) in [5.41, 5.74) is 0.358. The first-order valence-corrected chi connectivity index (χ1v) is 11.5. The summed E-state index contributed by atoms with van der Waals surface area (Å²) in [6.07, 6.45) is 0.406. The molecule has 0 fully saturated rings. The van der Waals surface area contributed by atoms with Gasteiger partial charge in [0, 0.05) is 41.3 Å². The van der Waals surface area contributed by atoms with Gasteiger partial charge in [0.05, 0.1) is 7.11 Å². The van der Waals surface area contributed by atoms with Gasteiger partial charge in [-0.2, -0.15) is 0 Å². The van der Waals surface area contributed by atoms with Crippen LogP contribution < -0.4 is 10.1 Å². The van der Waals surface area contributed by atoms with Gasteiger partial charge in [0.2, 0.25) is 0 Å². The Morgan fingerprint density at radius 1 is 1.18 bits per heavy atom. The van der Waals surface area contributed by atoms with E-state index in [1.54, 1.807) is 12.1 Å². The van der Waals surface area contributed by atoms with Crippen LogP contribution in [-0.4, -0.2) is 41.4 Å². The van der Waals surface area contributed by atoms with Gasteiger partial charge in [-0.3, -0.25) is 4.40 Å². The number of halogens is 3. The minimum Gasteiger partial charge on any atom is -0.496 e. The third-order valence-corrected chi connectivity index (χ3v) is 6.00. The molecule has 12 heteroatoms. The van der Waals surface area contributed by atoms with E-state index in [0.29, 0.717) is 17.1 Å². The van der Waals surface area contributed by atoms with Crippen molar-refractivity contribution in [3.8, 4) is 16.9 Å². The van der Waals surface area contributed by atoms with Crippen molar-refractivity contribution in [3.63, 3.8) is 0 Å². The van der Waals surface area contributed by atoms with Crippen molar-refractivity contribution >= 4 is 21.3 Å². The Labute approximate surface area is 187 Å². The van der Waals surface area contributed by atoms with Crippen LogP contribution in [0.5, 0.6) is 5.75 Å². The number of fused-ring (bicyclic) bond motifs is 1. The molecule has 0 atom stereocenters. The van der Waals surface area contributed by atoms with Crippen LogP contribution in [0.2, 0.25) is 0 Å². The van der Waals surface area contributed by atoms with Gasteiger partial charge in [0.25, 0.3) is 6.43 Å². The normalized spacial score (nSPS) is 11.8. The zero-order chi connectivity index (χ0) is 23.8. The summed E-state index contributed by atoms with van der Waals surface area (Å²) >= 11 is 0. The zero-order valence-corrected chi connectivity index (χ0v) is 18.3. The number of methoxy groups -OCH3 is 1. The number of nitrogens with zero attached hydrogens (tertiary/aromatic N) is 4. The molecule has 0 spiro atoms. The van der Waals surface area contributed by atoms with E-state index in [4.69, 9.17) is 4.74 Å². The van der Waals surface area contributed by atoms with Crippen molar-refractivity contribution in [2.75, 3.05) is 18.7 Å². The van der Waals surface area contributed by atoms with Crippen LogP contribution in [0.15, 0.2) is 53.9 Å². The first-order valence-electron chi connectivity index (χ1n) is 9.57. The highest BCUT2D eigenvalue weighted by molar-refractivity contribution is 7.90. The lowest BCUT2D eigenvalue weighted by atomic mass is 10.0. The third kappa shape index (κ3) is 4.33. The number of alkyl halides is 2. The number of nitrogens with one attached hydrogen (secondary N) is 1. The molecule has 0 aliphatic rings. The molecule has 1 aromatic carbocycles. The number of rotatable bonds is 7. The van der Waals surface area contributed by atoms with Crippen molar-refractivity contribution in [1.29, 1.82) is 0 Å². The summed E-state index contributed by atoms with van der Waals surface area (Å²) in [6.45, 7) is 0.0787. The van der Waals surface area contributed by atoms with Crippen molar-refractivity contribution < 1.29 is 26.3 Å². The number of sulfone groups is 1. The molecule has 4 rings (SSSR count). The number of ether oxygens (including phenoxy) is 1. The number of hydrogen-bond acceptors (Lipinski definition) is 7. The van der Waals surface area contributed by atoms with Crippen LogP contribution in [0.1, 0.15) is 17.6 Å². The summed E-state index contributed by atoms with van der Waals surface area (Å²) in [7, 11) is -2.33. The minimum absolute atomic E-state index is 0.0257. The lowest BCUT2D eigenvalue weighted by Gasteiger charge is -2.15.